The molecule has 3 aromatic carbocycles. The zero-order chi connectivity index (χ0) is 28.7. The Morgan fingerprint density at radius 3 is 2.13 bits per heavy atom. The van der Waals surface area contributed by atoms with Gasteiger partial charge in [-0.2, -0.15) is 0 Å². The highest BCUT2D eigenvalue weighted by Gasteiger charge is 2.33. The lowest BCUT2D eigenvalue weighted by Crippen LogP contribution is -2.53. The van der Waals surface area contributed by atoms with Gasteiger partial charge in [-0.05, 0) is 69.2 Å². The van der Waals surface area contributed by atoms with Crippen LogP contribution >= 0.6 is 23.2 Å². The second-order valence-corrected chi connectivity index (χ2v) is 12.2. The van der Waals surface area contributed by atoms with Crippen LogP contribution in [0.5, 0.6) is 0 Å². The van der Waals surface area contributed by atoms with Crippen LogP contribution in [0.3, 0.4) is 0 Å². The molecule has 208 valence electrons. The standard InChI is InChI=1S/C29H33Cl2N3O4S/c1-5-27(29(36)32-20(2)3)33(18-22-13-16-25(30)26(31)17-22)28(35)19-34(23-14-11-21(4)12-15-23)39(37,38)24-9-7-6-8-10-24/h6-17,20,27H,5,18-19H2,1-4H3,(H,32,36)/t27-/m0/s1. The lowest BCUT2D eigenvalue weighted by atomic mass is 10.1. The van der Waals surface area contributed by atoms with Gasteiger partial charge in [-0.1, -0.05) is 72.1 Å². The minimum atomic E-state index is -4.11. The van der Waals surface area contributed by atoms with E-state index in [-0.39, 0.29) is 23.4 Å². The van der Waals surface area contributed by atoms with E-state index < -0.39 is 28.5 Å². The number of benzene rings is 3. The molecule has 10 heteroatoms. The largest absolute Gasteiger partial charge is 0.352 e. The molecule has 0 bridgehead atoms. The molecule has 0 fully saturated rings. The van der Waals surface area contributed by atoms with Crippen LogP contribution in [0.4, 0.5) is 5.69 Å². The molecule has 39 heavy (non-hydrogen) atoms. The fourth-order valence-electron chi connectivity index (χ4n) is 4.09. The number of carbonyl (C=O) groups excluding carboxylic acids is 2. The smallest absolute Gasteiger partial charge is 0.264 e. The number of sulfonamides is 1. The van der Waals surface area contributed by atoms with Crippen molar-refractivity contribution < 1.29 is 18.0 Å². The molecular weight excluding hydrogens is 557 g/mol. The van der Waals surface area contributed by atoms with Gasteiger partial charge >= 0.3 is 0 Å². The molecule has 0 heterocycles. The van der Waals surface area contributed by atoms with E-state index in [9.17, 15) is 18.0 Å². The molecule has 0 aromatic heterocycles. The Kier molecular flexibility index (Phi) is 10.4. The van der Waals surface area contributed by atoms with Gasteiger partial charge in [0.2, 0.25) is 11.8 Å². The van der Waals surface area contributed by atoms with Crippen LogP contribution in [0, 0.1) is 6.92 Å². The number of nitrogens with zero attached hydrogens (tertiary/aromatic N) is 2. The maximum atomic E-state index is 14.0. The zero-order valence-electron chi connectivity index (χ0n) is 22.4. The van der Waals surface area contributed by atoms with E-state index in [1.54, 1.807) is 67.6 Å². The normalized spacial score (nSPS) is 12.2. The van der Waals surface area contributed by atoms with Crippen molar-refractivity contribution in [3.63, 3.8) is 0 Å². The molecular formula is C29H33Cl2N3O4S. The van der Waals surface area contributed by atoms with Gasteiger partial charge in [0, 0.05) is 12.6 Å². The number of amides is 2. The molecule has 2 amide bonds. The minimum Gasteiger partial charge on any atom is -0.352 e. The summed E-state index contributed by atoms with van der Waals surface area (Å²) in [6.45, 7) is 6.89. The Hall–Kier alpha value is -3.07. The predicted molar refractivity (Wildman–Crippen MR) is 157 cm³/mol. The van der Waals surface area contributed by atoms with Gasteiger partial charge < -0.3 is 10.2 Å². The molecule has 1 atom stereocenters. The highest BCUT2D eigenvalue weighted by molar-refractivity contribution is 7.92. The number of rotatable bonds is 11. The molecule has 0 saturated heterocycles. The summed E-state index contributed by atoms with van der Waals surface area (Å²) < 4.78 is 28.6. The predicted octanol–water partition coefficient (Wildman–Crippen LogP) is 5.83. The molecule has 0 radical (unpaired) electrons. The van der Waals surface area contributed by atoms with Crippen LogP contribution in [0.25, 0.3) is 0 Å². The van der Waals surface area contributed by atoms with Gasteiger partial charge in [-0.3, -0.25) is 13.9 Å². The third-order valence-corrected chi connectivity index (χ3v) is 8.61. The summed E-state index contributed by atoms with van der Waals surface area (Å²) in [4.78, 5) is 28.6. The Balaban J connectivity index is 2.06. The molecule has 0 spiro atoms. The Bertz CT molecular complexity index is 1400. The summed E-state index contributed by atoms with van der Waals surface area (Å²) in [5.41, 5.74) is 1.94. The van der Waals surface area contributed by atoms with E-state index in [2.05, 4.69) is 5.32 Å². The van der Waals surface area contributed by atoms with Crippen LogP contribution < -0.4 is 9.62 Å². The summed E-state index contributed by atoms with van der Waals surface area (Å²) in [6.07, 6.45) is 0.321. The summed E-state index contributed by atoms with van der Waals surface area (Å²) >= 11 is 12.3. The lowest BCUT2D eigenvalue weighted by Gasteiger charge is -2.33. The van der Waals surface area contributed by atoms with Crippen molar-refractivity contribution in [3.05, 3.63) is 94.0 Å². The van der Waals surface area contributed by atoms with E-state index in [0.29, 0.717) is 27.7 Å². The van der Waals surface area contributed by atoms with Gasteiger partial charge in [0.05, 0.1) is 20.6 Å². The second kappa shape index (κ2) is 13.3. The van der Waals surface area contributed by atoms with Gasteiger partial charge in [-0.25, -0.2) is 8.42 Å². The second-order valence-electron chi connectivity index (χ2n) is 9.52. The molecule has 0 aliphatic rings. The first kappa shape index (κ1) is 30.5. The van der Waals surface area contributed by atoms with Crippen molar-refractivity contribution in [2.75, 3.05) is 10.8 Å². The highest BCUT2D eigenvalue weighted by atomic mass is 35.5. The highest BCUT2D eigenvalue weighted by Crippen LogP contribution is 2.27. The molecule has 0 aliphatic carbocycles. The third-order valence-electron chi connectivity index (χ3n) is 6.09. The lowest BCUT2D eigenvalue weighted by molar-refractivity contribution is -0.140. The number of anilines is 1. The van der Waals surface area contributed by atoms with Crippen LogP contribution in [0.15, 0.2) is 77.7 Å². The Labute approximate surface area is 240 Å². The fourth-order valence-corrected chi connectivity index (χ4v) is 5.85. The van der Waals surface area contributed by atoms with Crippen LogP contribution in [0.2, 0.25) is 10.0 Å². The van der Waals surface area contributed by atoms with E-state index in [0.717, 1.165) is 9.87 Å². The average molecular weight is 591 g/mol. The first-order chi connectivity index (χ1) is 18.4. The number of carbonyl (C=O) groups is 2. The third kappa shape index (κ3) is 7.75. The Morgan fingerprint density at radius 2 is 1.56 bits per heavy atom. The van der Waals surface area contributed by atoms with Crippen molar-refractivity contribution in [3.8, 4) is 0 Å². The number of hydrogen-bond donors (Lipinski definition) is 1. The monoisotopic (exact) mass is 589 g/mol. The molecule has 1 N–H and O–H groups in total. The van der Waals surface area contributed by atoms with Gasteiger partial charge in [-0.15, -0.1) is 0 Å². The summed E-state index contributed by atoms with van der Waals surface area (Å²) in [7, 11) is -4.11. The van der Waals surface area contributed by atoms with Gasteiger partial charge in [0.15, 0.2) is 0 Å². The maximum Gasteiger partial charge on any atom is 0.264 e. The van der Waals surface area contributed by atoms with Crippen molar-refractivity contribution in [1.29, 1.82) is 0 Å². The van der Waals surface area contributed by atoms with Gasteiger partial charge in [0.25, 0.3) is 10.0 Å². The minimum absolute atomic E-state index is 0.0346. The van der Waals surface area contributed by atoms with E-state index in [4.69, 9.17) is 23.2 Å². The zero-order valence-corrected chi connectivity index (χ0v) is 24.7. The number of hydrogen-bond acceptors (Lipinski definition) is 4. The summed E-state index contributed by atoms with van der Waals surface area (Å²) in [5.74, 6) is -0.861. The quantitative estimate of drug-likeness (QED) is 0.305. The first-order valence-electron chi connectivity index (χ1n) is 12.6. The van der Waals surface area contributed by atoms with E-state index >= 15 is 0 Å². The van der Waals surface area contributed by atoms with Gasteiger partial charge in [0.1, 0.15) is 12.6 Å². The topological polar surface area (TPSA) is 86.8 Å². The SMILES string of the molecule is CC[C@@H](C(=O)NC(C)C)N(Cc1ccc(Cl)c(Cl)c1)C(=O)CN(c1ccc(C)cc1)S(=O)(=O)c1ccccc1. The van der Waals surface area contributed by atoms with Crippen molar-refractivity contribution >= 4 is 50.7 Å². The molecule has 3 aromatic rings. The van der Waals surface area contributed by atoms with Crippen molar-refractivity contribution in [1.82, 2.24) is 10.2 Å². The van der Waals surface area contributed by atoms with E-state index in [1.807, 2.05) is 20.8 Å². The van der Waals surface area contributed by atoms with Crippen LogP contribution in [-0.2, 0) is 26.2 Å². The number of aryl methyl sites for hydroxylation is 1. The number of halogens is 2. The summed E-state index contributed by atoms with van der Waals surface area (Å²) in [5, 5.41) is 3.55. The molecule has 0 aliphatic heterocycles. The fraction of sp³-hybridized carbons (Fsp3) is 0.310. The number of nitrogens with one attached hydrogen (secondary N) is 1. The molecule has 7 nitrogen and oxygen atoms in total. The molecule has 3 rings (SSSR count). The van der Waals surface area contributed by atoms with Crippen molar-refractivity contribution in [2.24, 2.45) is 0 Å². The average Bonchev–Trinajstić information content (AvgIpc) is 2.89. The van der Waals surface area contributed by atoms with Crippen LogP contribution in [-0.4, -0.2) is 43.8 Å². The van der Waals surface area contributed by atoms with Crippen LogP contribution in [0.1, 0.15) is 38.3 Å². The Morgan fingerprint density at radius 1 is 0.923 bits per heavy atom. The molecule has 0 saturated carbocycles. The van der Waals surface area contributed by atoms with E-state index in [1.165, 1.54) is 17.0 Å². The van der Waals surface area contributed by atoms with Crippen molar-refractivity contribution in [2.45, 2.75) is 57.6 Å². The summed E-state index contributed by atoms with van der Waals surface area (Å²) in [6, 6.07) is 18.8. The maximum absolute atomic E-state index is 14.0. The molecule has 0 unspecified atom stereocenters. The first-order valence-corrected chi connectivity index (χ1v) is 14.8.